The standard InChI is InChI=1S/C21H21BrClN5O2S/c1-3-12(2)17(25-20(30)24-16-6-4-5-15(23)11-16)18(29)26-21-28-27-19(31-21)13-7-9-14(22)10-8-13/h4-12,17H,3H2,1-2H3,(H2,24,25,30)(H,26,28,29)/t12-,17+/m0/s1. The first-order valence-corrected chi connectivity index (χ1v) is 11.6. The maximum Gasteiger partial charge on any atom is 0.319 e. The number of carbonyl (C=O) groups excluding carboxylic acids is 2. The van der Waals surface area contributed by atoms with Gasteiger partial charge in [-0.15, -0.1) is 10.2 Å². The minimum absolute atomic E-state index is 0.0935. The van der Waals surface area contributed by atoms with Gasteiger partial charge in [-0.2, -0.15) is 0 Å². The van der Waals surface area contributed by atoms with Crippen molar-refractivity contribution in [1.82, 2.24) is 15.5 Å². The lowest BCUT2D eigenvalue weighted by Crippen LogP contribution is -2.49. The predicted molar refractivity (Wildman–Crippen MR) is 129 cm³/mol. The van der Waals surface area contributed by atoms with E-state index in [0.29, 0.717) is 27.3 Å². The molecule has 31 heavy (non-hydrogen) atoms. The summed E-state index contributed by atoms with van der Waals surface area (Å²) < 4.78 is 0.966. The van der Waals surface area contributed by atoms with Crippen LogP contribution < -0.4 is 16.0 Å². The number of anilines is 2. The molecule has 7 nitrogen and oxygen atoms in total. The second-order valence-corrected chi connectivity index (χ2v) is 9.21. The van der Waals surface area contributed by atoms with Gasteiger partial charge in [-0.1, -0.05) is 77.3 Å². The summed E-state index contributed by atoms with van der Waals surface area (Å²) in [5.41, 5.74) is 1.44. The number of amides is 3. The van der Waals surface area contributed by atoms with Crippen LogP contribution in [-0.2, 0) is 4.79 Å². The molecule has 162 valence electrons. The third-order valence-corrected chi connectivity index (χ3v) is 6.26. The van der Waals surface area contributed by atoms with E-state index < -0.39 is 12.1 Å². The Labute approximate surface area is 197 Å². The molecule has 0 aliphatic heterocycles. The SMILES string of the molecule is CC[C@H](C)[C@@H](NC(=O)Nc1cccc(Cl)c1)C(=O)Nc1nnc(-c2ccc(Br)cc2)s1. The van der Waals surface area contributed by atoms with Crippen molar-refractivity contribution in [3.05, 3.63) is 58.0 Å². The molecule has 2 atom stereocenters. The quantitative estimate of drug-likeness (QED) is 0.366. The third kappa shape index (κ3) is 6.49. The highest BCUT2D eigenvalue weighted by Crippen LogP contribution is 2.27. The van der Waals surface area contributed by atoms with Gasteiger partial charge in [-0.05, 0) is 36.2 Å². The van der Waals surface area contributed by atoms with Crippen LogP contribution in [0, 0.1) is 5.92 Å². The first-order chi connectivity index (χ1) is 14.9. The van der Waals surface area contributed by atoms with Gasteiger partial charge in [-0.25, -0.2) is 4.79 Å². The molecule has 2 aromatic carbocycles. The number of benzene rings is 2. The first kappa shape index (κ1) is 23.2. The minimum atomic E-state index is -0.746. The van der Waals surface area contributed by atoms with Crippen LogP contribution in [-0.4, -0.2) is 28.2 Å². The molecule has 10 heteroatoms. The molecule has 0 spiro atoms. The van der Waals surface area contributed by atoms with Crippen LogP contribution in [0.1, 0.15) is 20.3 Å². The second kappa shape index (κ2) is 10.7. The Morgan fingerprint density at radius 3 is 2.55 bits per heavy atom. The molecule has 0 aliphatic carbocycles. The Morgan fingerprint density at radius 1 is 1.13 bits per heavy atom. The molecule has 1 aromatic heterocycles. The van der Waals surface area contributed by atoms with Crippen LogP contribution in [0.4, 0.5) is 15.6 Å². The number of halogens is 2. The van der Waals surface area contributed by atoms with E-state index in [4.69, 9.17) is 11.6 Å². The van der Waals surface area contributed by atoms with Gasteiger partial charge >= 0.3 is 6.03 Å². The Kier molecular flexibility index (Phi) is 8.00. The summed E-state index contributed by atoms with van der Waals surface area (Å²) in [6.07, 6.45) is 0.704. The van der Waals surface area contributed by atoms with Crippen LogP contribution in [0.5, 0.6) is 0 Å². The molecule has 0 aliphatic rings. The van der Waals surface area contributed by atoms with Crippen molar-refractivity contribution in [2.45, 2.75) is 26.3 Å². The smallest absolute Gasteiger partial charge is 0.319 e. The van der Waals surface area contributed by atoms with Crippen molar-refractivity contribution in [3.63, 3.8) is 0 Å². The van der Waals surface area contributed by atoms with E-state index in [1.807, 2.05) is 38.1 Å². The maximum atomic E-state index is 12.9. The molecule has 0 fully saturated rings. The van der Waals surface area contributed by atoms with E-state index in [1.54, 1.807) is 24.3 Å². The van der Waals surface area contributed by atoms with Gasteiger partial charge in [0.25, 0.3) is 0 Å². The van der Waals surface area contributed by atoms with Gasteiger partial charge in [0.05, 0.1) is 0 Å². The fourth-order valence-corrected chi connectivity index (χ4v) is 3.95. The van der Waals surface area contributed by atoms with Crippen molar-refractivity contribution >= 4 is 61.6 Å². The van der Waals surface area contributed by atoms with Crippen LogP contribution in [0.2, 0.25) is 5.02 Å². The molecule has 3 aromatic rings. The normalized spacial score (nSPS) is 12.6. The average molecular weight is 523 g/mol. The molecule has 0 bridgehead atoms. The highest BCUT2D eigenvalue weighted by molar-refractivity contribution is 9.10. The van der Waals surface area contributed by atoms with Gasteiger partial charge in [-0.3, -0.25) is 10.1 Å². The van der Waals surface area contributed by atoms with E-state index in [9.17, 15) is 9.59 Å². The molecular weight excluding hydrogens is 502 g/mol. The molecule has 0 radical (unpaired) electrons. The summed E-state index contributed by atoms with van der Waals surface area (Å²) in [4.78, 5) is 25.4. The van der Waals surface area contributed by atoms with Crippen molar-refractivity contribution in [1.29, 1.82) is 0 Å². The van der Waals surface area contributed by atoms with Gasteiger partial charge in [0.2, 0.25) is 11.0 Å². The van der Waals surface area contributed by atoms with Gasteiger partial charge < -0.3 is 10.6 Å². The Morgan fingerprint density at radius 2 is 1.87 bits per heavy atom. The fourth-order valence-electron chi connectivity index (χ4n) is 2.74. The van der Waals surface area contributed by atoms with Crippen molar-refractivity contribution in [3.8, 4) is 10.6 Å². The van der Waals surface area contributed by atoms with E-state index in [0.717, 1.165) is 10.0 Å². The molecule has 0 saturated carbocycles. The Hall–Kier alpha value is -2.49. The second-order valence-electron chi connectivity index (χ2n) is 6.88. The first-order valence-electron chi connectivity index (χ1n) is 9.59. The lowest BCUT2D eigenvalue weighted by molar-refractivity contribution is -0.119. The summed E-state index contributed by atoms with van der Waals surface area (Å²) in [5.74, 6) is -0.446. The lowest BCUT2D eigenvalue weighted by Gasteiger charge is -2.23. The number of nitrogens with zero attached hydrogens (tertiary/aromatic N) is 2. The highest BCUT2D eigenvalue weighted by Gasteiger charge is 2.27. The predicted octanol–water partition coefficient (Wildman–Crippen LogP) is 5.80. The van der Waals surface area contributed by atoms with Crippen LogP contribution in [0.3, 0.4) is 0 Å². The Bertz CT molecular complexity index is 1060. The molecular formula is C21H21BrClN5O2S. The van der Waals surface area contributed by atoms with Crippen LogP contribution in [0.15, 0.2) is 53.0 Å². The third-order valence-electron chi connectivity index (χ3n) is 4.61. The zero-order chi connectivity index (χ0) is 22.4. The van der Waals surface area contributed by atoms with E-state index in [-0.39, 0.29) is 11.8 Å². The minimum Gasteiger partial charge on any atom is -0.326 e. The summed E-state index contributed by atoms with van der Waals surface area (Å²) >= 11 is 10.6. The van der Waals surface area contributed by atoms with Crippen molar-refractivity contribution in [2.75, 3.05) is 10.6 Å². The number of nitrogens with one attached hydrogen (secondary N) is 3. The fraction of sp³-hybridized carbons (Fsp3) is 0.238. The van der Waals surface area contributed by atoms with Crippen LogP contribution in [0.25, 0.3) is 10.6 Å². The molecule has 3 rings (SSSR count). The number of rotatable bonds is 7. The van der Waals surface area contributed by atoms with E-state index in [1.165, 1.54) is 11.3 Å². The zero-order valence-corrected chi connectivity index (χ0v) is 20.0. The lowest BCUT2D eigenvalue weighted by atomic mass is 9.98. The highest BCUT2D eigenvalue weighted by atomic mass is 79.9. The summed E-state index contributed by atoms with van der Waals surface area (Å²) in [7, 11) is 0. The number of carbonyl (C=O) groups is 2. The monoisotopic (exact) mass is 521 g/mol. The Balaban J connectivity index is 1.67. The van der Waals surface area contributed by atoms with Gasteiger partial charge in [0.15, 0.2) is 0 Å². The average Bonchev–Trinajstić information content (AvgIpc) is 3.20. The summed E-state index contributed by atoms with van der Waals surface area (Å²) in [6, 6.07) is 13.2. The zero-order valence-electron chi connectivity index (χ0n) is 16.9. The number of hydrogen-bond acceptors (Lipinski definition) is 5. The largest absolute Gasteiger partial charge is 0.326 e. The van der Waals surface area contributed by atoms with Gasteiger partial charge in [0.1, 0.15) is 11.0 Å². The molecule has 3 N–H and O–H groups in total. The van der Waals surface area contributed by atoms with E-state index >= 15 is 0 Å². The van der Waals surface area contributed by atoms with E-state index in [2.05, 4.69) is 42.1 Å². The number of hydrogen-bond donors (Lipinski definition) is 3. The molecule has 1 heterocycles. The van der Waals surface area contributed by atoms with Crippen molar-refractivity contribution < 1.29 is 9.59 Å². The van der Waals surface area contributed by atoms with Crippen LogP contribution >= 0.6 is 38.9 Å². The molecule has 3 amide bonds. The summed E-state index contributed by atoms with van der Waals surface area (Å²) in [5, 5.41) is 18.0. The molecule has 0 saturated heterocycles. The topological polar surface area (TPSA) is 96.0 Å². The number of aromatic nitrogens is 2. The van der Waals surface area contributed by atoms with Gasteiger partial charge in [0, 0.05) is 20.7 Å². The maximum absolute atomic E-state index is 12.9. The van der Waals surface area contributed by atoms with Crippen molar-refractivity contribution in [2.24, 2.45) is 5.92 Å². The molecule has 0 unspecified atom stereocenters. The number of urea groups is 1. The summed E-state index contributed by atoms with van der Waals surface area (Å²) in [6.45, 7) is 3.86.